The highest BCUT2D eigenvalue weighted by Gasteiger charge is 2.17. The third-order valence-corrected chi connectivity index (χ3v) is 7.06. The minimum absolute atomic E-state index is 0.260. The Balaban J connectivity index is 1.47. The van der Waals surface area contributed by atoms with Gasteiger partial charge in [-0.25, -0.2) is 12.7 Å². The van der Waals surface area contributed by atoms with Crippen LogP contribution in [0.5, 0.6) is 5.75 Å². The predicted octanol–water partition coefficient (Wildman–Crippen LogP) is 2.40. The van der Waals surface area contributed by atoms with Crippen LogP contribution >= 0.6 is 0 Å². The van der Waals surface area contributed by atoms with E-state index in [4.69, 9.17) is 10.00 Å². The van der Waals surface area contributed by atoms with Gasteiger partial charge < -0.3 is 9.64 Å². The molecule has 0 radical (unpaired) electrons. The van der Waals surface area contributed by atoms with Crippen molar-refractivity contribution in [1.29, 1.82) is 5.26 Å². The van der Waals surface area contributed by atoms with Crippen molar-refractivity contribution in [3.63, 3.8) is 0 Å². The van der Waals surface area contributed by atoms with Gasteiger partial charge in [0, 0.05) is 52.5 Å². The molecule has 1 saturated heterocycles. The molecule has 1 heterocycles. The highest BCUT2D eigenvalue weighted by Crippen LogP contribution is 2.19. The number of hydrogen-bond acceptors (Lipinski definition) is 6. The van der Waals surface area contributed by atoms with E-state index in [9.17, 15) is 8.42 Å². The molecule has 1 fully saturated rings. The average molecular weight is 429 g/mol. The van der Waals surface area contributed by atoms with E-state index in [1.807, 2.05) is 24.3 Å². The number of rotatable bonds is 7. The minimum Gasteiger partial charge on any atom is -0.492 e. The van der Waals surface area contributed by atoms with E-state index in [-0.39, 0.29) is 4.90 Å². The summed E-state index contributed by atoms with van der Waals surface area (Å²) in [5.74, 6) is 0.668. The van der Waals surface area contributed by atoms with Gasteiger partial charge in [0.05, 0.1) is 16.5 Å². The van der Waals surface area contributed by atoms with E-state index in [2.05, 4.69) is 15.9 Å². The zero-order valence-corrected chi connectivity index (χ0v) is 18.3. The van der Waals surface area contributed by atoms with Crippen molar-refractivity contribution in [2.24, 2.45) is 0 Å². The van der Waals surface area contributed by atoms with Crippen LogP contribution in [-0.4, -0.2) is 71.0 Å². The van der Waals surface area contributed by atoms with Crippen molar-refractivity contribution in [2.45, 2.75) is 11.3 Å². The van der Waals surface area contributed by atoms with Gasteiger partial charge in [0.2, 0.25) is 10.0 Å². The summed E-state index contributed by atoms with van der Waals surface area (Å²) in [5, 5.41) is 8.94. The third-order valence-electron chi connectivity index (χ3n) is 5.23. The molecule has 2 aromatic carbocycles. The first-order valence-electron chi connectivity index (χ1n) is 10.0. The van der Waals surface area contributed by atoms with Crippen LogP contribution in [0.4, 0.5) is 5.69 Å². The van der Waals surface area contributed by atoms with E-state index in [0.717, 1.165) is 44.8 Å². The molecule has 0 saturated carbocycles. The molecule has 30 heavy (non-hydrogen) atoms. The van der Waals surface area contributed by atoms with Crippen LogP contribution in [0.1, 0.15) is 12.0 Å². The Labute approximate surface area is 179 Å². The number of sulfonamides is 1. The maximum atomic E-state index is 12.1. The summed E-state index contributed by atoms with van der Waals surface area (Å²) in [5.41, 5.74) is 1.83. The lowest BCUT2D eigenvalue weighted by molar-refractivity contribution is 0.218. The molecule has 1 aliphatic heterocycles. The van der Waals surface area contributed by atoms with Crippen LogP contribution in [-0.2, 0) is 10.0 Å². The van der Waals surface area contributed by atoms with Gasteiger partial charge in [0.25, 0.3) is 0 Å². The molecule has 0 unspecified atom stereocenters. The summed E-state index contributed by atoms with van der Waals surface area (Å²) < 4.78 is 31.3. The topological polar surface area (TPSA) is 76.9 Å². The van der Waals surface area contributed by atoms with Gasteiger partial charge in [-0.05, 0) is 55.0 Å². The molecule has 0 N–H and O–H groups in total. The average Bonchev–Trinajstić information content (AvgIpc) is 3.00. The lowest BCUT2D eigenvalue weighted by Gasteiger charge is -2.23. The van der Waals surface area contributed by atoms with Gasteiger partial charge in [-0.3, -0.25) is 4.90 Å². The Morgan fingerprint density at radius 1 is 1.00 bits per heavy atom. The number of nitrogens with zero attached hydrogens (tertiary/aromatic N) is 4. The Morgan fingerprint density at radius 3 is 2.33 bits per heavy atom. The quantitative estimate of drug-likeness (QED) is 0.674. The third kappa shape index (κ3) is 5.51. The van der Waals surface area contributed by atoms with Crippen LogP contribution in [0.25, 0.3) is 0 Å². The fourth-order valence-electron chi connectivity index (χ4n) is 3.41. The molecule has 1 aliphatic rings. The highest BCUT2D eigenvalue weighted by atomic mass is 32.2. The largest absolute Gasteiger partial charge is 0.492 e. The second-order valence-corrected chi connectivity index (χ2v) is 9.60. The molecular formula is C22H28N4O3S. The molecule has 0 aliphatic carbocycles. The molecule has 8 heteroatoms. The summed E-state index contributed by atoms with van der Waals surface area (Å²) in [6.45, 7) is 5.25. The van der Waals surface area contributed by atoms with Gasteiger partial charge in [-0.2, -0.15) is 5.26 Å². The van der Waals surface area contributed by atoms with Crippen molar-refractivity contribution in [3.05, 3.63) is 54.1 Å². The molecule has 0 atom stereocenters. The van der Waals surface area contributed by atoms with Crippen molar-refractivity contribution in [2.75, 3.05) is 58.3 Å². The van der Waals surface area contributed by atoms with Crippen molar-refractivity contribution >= 4 is 15.7 Å². The number of benzene rings is 2. The lowest BCUT2D eigenvalue weighted by atomic mass is 10.2. The van der Waals surface area contributed by atoms with Gasteiger partial charge in [-0.15, -0.1) is 0 Å². The van der Waals surface area contributed by atoms with E-state index < -0.39 is 10.0 Å². The van der Waals surface area contributed by atoms with Gasteiger partial charge >= 0.3 is 0 Å². The Morgan fingerprint density at radius 2 is 1.70 bits per heavy atom. The zero-order valence-electron chi connectivity index (χ0n) is 17.5. The Hall–Kier alpha value is -2.60. The summed E-state index contributed by atoms with van der Waals surface area (Å²) in [4.78, 5) is 5.00. The zero-order chi connectivity index (χ0) is 21.6. The molecule has 0 spiro atoms. The lowest BCUT2D eigenvalue weighted by Crippen LogP contribution is -2.33. The second-order valence-electron chi connectivity index (χ2n) is 7.45. The molecule has 2 aromatic rings. The molecule has 0 aromatic heterocycles. The standard InChI is InChI=1S/C22H28N4O3S/c1-24(2)30(27,28)22-10-8-21(9-11-22)29-17-16-25-12-3-13-26(15-14-25)20-6-4-19(18-23)5-7-20/h4-11H,3,12-17H2,1-2H3. The summed E-state index contributed by atoms with van der Waals surface area (Å²) in [6.07, 6.45) is 1.07. The summed E-state index contributed by atoms with van der Waals surface area (Å²) in [7, 11) is -0.384. The van der Waals surface area contributed by atoms with Crippen LogP contribution in [0.2, 0.25) is 0 Å². The van der Waals surface area contributed by atoms with Gasteiger partial charge in [0.1, 0.15) is 12.4 Å². The first kappa shape index (κ1) is 22.1. The van der Waals surface area contributed by atoms with Crippen LogP contribution in [0, 0.1) is 11.3 Å². The van der Waals surface area contributed by atoms with Crippen LogP contribution < -0.4 is 9.64 Å². The molecule has 0 amide bonds. The first-order chi connectivity index (χ1) is 14.4. The van der Waals surface area contributed by atoms with Gasteiger partial charge in [-0.1, -0.05) is 0 Å². The summed E-state index contributed by atoms with van der Waals surface area (Å²) >= 11 is 0. The van der Waals surface area contributed by atoms with Crippen LogP contribution in [0.3, 0.4) is 0 Å². The number of anilines is 1. The SMILES string of the molecule is CN(C)S(=O)(=O)c1ccc(OCCN2CCCN(c3ccc(C#N)cc3)CC2)cc1. The maximum Gasteiger partial charge on any atom is 0.242 e. The Bertz CT molecular complexity index is 967. The Kier molecular flexibility index (Phi) is 7.32. The molecule has 160 valence electrons. The molecule has 3 rings (SSSR count). The monoisotopic (exact) mass is 428 g/mol. The number of hydrogen-bond donors (Lipinski definition) is 0. The molecule has 0 bridgehead atoms. The second kappa shape index (κ2) is 9.94. The van der Waals surface area contributed by atoms with Crippen LogP contribution in [0.15, 0.2) is 53.4 Å². The fraction of sp³-hybridized carbons (Fsp3) is 0.409. The fourth-order valence-corrected chi connectivity index (χ4v) is 4.31. The van der Waals surface area contributed by atoms with E-state index in [0.29, 0.717) is 17.9 Å². The molecular weight excluding hydrogens is 400 g/mol. The first-order valence-corrected chi connectivity index (χ1v) is 11.5. The van der Waals surface area contributed by atoms with Gasteiger partial charge in [0.15, 0.2) is 0 Å². The maximum absolute atomic E-state index is 12.1. The smallest absolute Gasteiger partial charge is 0.242 e. The van der Waals surface area contributed by atoms with Crippen molar-refractivity contribution in [3.8, 4) is 11.8 Å². The summed E-state index contributed by atoms with van der Waals surface area (Å²) in [6, 6.07) is 16.5. The number of nitriles is 1. The highest BCUT2D eigenvalue weighted by molar-refractivity contribution is 7.89. The molecule has 7 nitrogen and oxygen atoms in total. The number of ether oxygens (including phenoxy) is 1. The van der Waals surface area contributed by atoms with E-state index >= 15 is 0 Å². The van der Waals surface area contributed by atoms with E-state index in [1.165, 1.54) is 18.4 Å². The van der Waals surface area contributed by atoms with Crippen molar-refractivity contribution < 1.29 is 13.2 Å². The van der Waals surface area contributed by atoms with Crippen molar-refractivity contribution in [1.82, 2.24) is 9.21 Å². The predicted molar refractivity (Wildman–Crippen MR) is 117 cm³/mol. The minimum atomic E-state index is -3.42. The van der Waals surface area contributed by atoms with E-state index in [1.54, 1.807) is 24.3 Å². The normalized spacial score (nSPS) is 15.6.